The van der Waals surface area contributed by atoms with E-state index in [1.54, 1.807) is 36.5 Å². The Morgan fingerprint density at radius 1 is 1.21 bits per heavy atom. The van der Waals surface area contributed by atoms with Crippen LogP contribution in [0.15, 0.2) is 66.5 Å². The summed E-state index contributed by atoms with van der Waals surface area (Å²) in [6.45, 7) is 4.17. The second kappa shape index (κ2) is 9.03. The number of ether oxygens (including phenoxy) is 1. The highest BCUT2D eigenvalue weighted by Crippen LogP contribution is 2.42. The smallest absolute Gasteiger partial charge is 0.300 e. The van der Waals surface area contributed by atoms with Gasteiger partial charge in [-0.05, 0) is 67.4 Å². The van der Waals surface area contributed by atoms with E-state index in [1.165, 1.54) is 23.2 Å². The summed E-state index contributed by atoms with van der Waals surface area (Å²) >= 11 is 5.94. The molecule has 0 aliphatic carbocycles. The minimum atomic E-state index is -0.980. The summed E-state index contributed by atoms with van der Waals surface area (Å²) in [4.78, 5) is 31.5. The zero-order valence-electron chi connectivity index (χ0n) is 17.9. The first kappa shape index (κ1) is 22.5. The van der Waals surface area contributed by atoms with Crippen molar-refractivity contribution < 1.29 is 23.8 Å². The third-order valence-electron chi connectivity index (χ3n) is 5.37. The number of aliphatic hydroxyl groups excluding tert-OH is 1. The van der Waals surface area contributed by atoms with Crippen LogP contribution in [0.2, 0.25) is 5.02 Å². The van der Waals surface area contributed by atoms with Crippen LogP contribution in [0.1, 0.15) is 29.7 Å². The lowest BCUT2D eigenvalue weighted by Crippen LogP contribution is -2.29. The summed E-state index contributed by atoms with van der Waals surface area (Å²) in [5.74, 6) is -2.06. The van der Waals surface area contributed by atoms with Crippen molar-refractivity contribution in [1.82, 2.24) is 4.98 Å². The largest absolute Gasteiger partial charge is 0.507 e. The maximum absolute atomic E-state index is 13.8. The van der Waals surface area contributed by atoms with E-state index in [0.29, 0.717) is 23.5 Å². The quantitative estimate of drug-likeness (QED) is 0.317. The fraction of sp³-hybridized carbons (Fsp3) is 0.160. The van der Waals surface area contributed by atoms with Gasteiger partial charge >= 0.3 is 0 Å². The number of hydrogen-bond acceptors (Lipinski definition) is 5. The summed E-state index contributed by atoms with van der Waals surface area (Å²) in [6.07, 6.45) is 3.06. The lowest BCUT2D eigenvalue weighted by atomic mass is 9.95. The number of nitrogens with zero attached hydrogens (tertiary/aromatic N) is 2. The van der Waals surface area contributed by atoms with E-state index in [1.807, 2.05) is 13.8 Å². The van der Waals surface area contributed by atoms with Gasteiger partial charge in [0.1, 0.15) is 17.3 Å². The SMILES string of the molecule is CCOc1ccc(/C(O)=C2\C(=O)C(=O)N(c3ccc(F)c(Cl)c3)C2c2cccnc2)cc1C. The van der Waals surface area contributed by atoms with Crippen molar-refractivity contribution in [2.75, 3.05) is 11.5 Å². The topological polar surface area (TPSA) is 79.7 Å². The maximum Gasteiger partial charge on any atom is 0.300 e. The number of Topliss-reactive ketones (excluding diaryl/α,β-unsaturated/α-hetero) is 1. The third kappa shape index (κ3) is 4.07. The molecule has 6 nitrogen and oxygen atoms in total. The standard InChI is InChI=1S/C25H20ClFN2O4/c1-3-33-20-9-6-15(11-14(20)2)23(30)21-22(16-5-4-10-28-13-16)29(25(32)24(21)31)17-7-8-19(27)18(26)12-17/h4-13,22,30H,3H2,1-2H3/b23-21+. The van der Waals surface area contributed by atoms with Crippen molar-refractivity contribution in [3.63, 3.8) is 0 Å². The molecule has 8 heteroatoms. The van der Waals surface area contributed by atoms with Gasteiger partial charge in [-0.3, -0.25) is 19.5 Å². The fourth-order valence-corrected chi connectivity index (χ4v) is 4.03. The molecule has 1 fully saturated rings. The molecule has 168 valence electrons. The number of benzene rings is 2. The van der Waals surface area contributed by atoms with E-state index in [4.69, 9.17) is 16.3 Å². The van der Waals surface area contributed by atoms with Gasteiger partial charge < -0.3 is 9.84 Å². The molecule has 1 aliphatic heterocycles. The molecule has 2 aromatic carbocycles. The second-order valence-electron chi connectivity index (χ2n) is 7.47. The molecule has 0 saturated carbocycles. The van der Waals surface area contributed by atoms with Crippen LogP contribution in [0, 0.1) is 12.7 Å². The van der Waals surface area contributed by atoms with Crippen molar-refractivity contribution >= 4 is 34.7 Å². The van der Waals surface area contributed by atoms with Crippen molar-refractivity contribution in [3.8, 4) is 5.75 Å². The Morgan fingerprint density at radius 2 is 2.00 bits per heavy atom. The normalized spacial score (nSPS) is 17.5. The van der Waals surface area contributed by atoms with E-state index >= 15 is 0 Å². The van der Waals surface area contributed by atoms with Gasteiger partial charge in [-0.1, -0.05) is 17.7 Å². The number of halogens is 2. The molecule has 0 bridgehead atoms. The van der Waals surface area contributed by atoms with Crippen molar-refractivity contribution in [2.24, 2.45) is 0 Å². The zero-order chi connectivity index (χ0) is 23.7. The minimum Gasteiger partial charge on any atom is -0.507 e. The molecule has 1 amide bonds. The highest BCUT2D eigenvalue weighted by Gasteiger charge is 2.47. The van der Waals surface area contributed by atoms with E-state index in [2.05, 4.69) is 4.98 Å². The highest BCUT2D eigenvalue weighted by molar-refractivity contribution is 6.51. The van der Waals surface area contributed by atoms with E-state index in [9.17, 15) is 19.1 Å². The number of aryl methyl sites for hydroxylation is 1. The summed E-state index contributed by atoms with van der Waals surface area (Å²) in [6, 6.07) is 11.1. The predicted octanol–water partition coefficient (Wildman–Crippen LogP) is 5.21. The number of anilines is 1. The Bertz CT molecular complexity index is 1280. The molecule has 33 heavy (non-hydrogen) atoms. The van der Waals surface area contributed by atoms with Gasteiger partial charge in [0.05, 0.1) is 23.2 Å². The minimum absolute atomic E-state index is 0.1000. The fourth-order valence-electron chi connectivity index (χ4n) is 3.86. The molecular weight excluding hydrogens is 447 g/mol. The average molecular weight is 467 g/mol. The molecule has 1 unspecified atom stereocenters. The van der Waals surface area contributed by atoms with Crippen LogP contribution in [0.3, 0.4) is 0 Å². The highest BCUT2D eigenvalue weighted by atomic mass is 35.5. The number of aromatic nitrogens is 1. The molecule has 1 aromatic heterocycles. The third-order valence-corrected chi connectivity index (χ3v) is 5.66. The van der Waals surface area contributed by atoms with Crippen LogP contribution >= 0.6 is 11.6 Å². The zero-order valence-corrected chi connectivity index (χ0v) is 18.6. The Morgan fingerprint density at radius 3 is 2.64 bits per heavy atom. The van der Waals surface area contributed by atoms with Crippen LogP contribution < -0.4 is 9.64 Å². The first-order chi connectivity index (χ1) is 15.8. The average Bonchev–Trinajstić information content (AvgIpc) is 3.08. The first-order valence-corrected chi connectivity index (χ1v) is 10.6. The number of amides is 1. The molecular formula is C25H20ClFN2O4. The lowest BCUT2D eigenvalue weighted by molar-refractivity contribution is -0.132. The van der Waals surface area contributed by atoms with E-state index in [-0.39, 0.29) is 22.0 Å². The van der Waals surface area contributed by atoms with Crippen molar-refractivity contribution in [2.45, 2.75) is 19.9 Å². The van der Waals surface area contributed by atoms with Gasteiger partial charge in [0, 0.05) is 23.6 Å². The predicted molar refractivity (Wildman–Crippen MR) is 123 cm³/mol. The number of pyridine rings is 1. The van der Waals surface area contributed by atoms with Crippen LogP contribution in [-0.4, -0.2) is 28.4 Å². The summed E-state index contributed by atoms with van der Waals surface area (Å²) in [7, 11) is 0. The molecule has 1 atom stereocenters. The molecule has 4 rings (SSSR count). The van der Waals surface area contributed by atoms with Gasteiger partial charge in [-0.2, -0.15) is 0 Å². The molecule has 1 saturated heterocycles. The second-order valence-corrected chi connectivity index (χ2v) is 7.87. The lowest BCUT2D eigenvalue weighted by Gasteiger charge is -2.25. The van der Waals surface area contributed by atoms with Crippen LogP contribution in [0.4, 0.5) is 10.1 Å². The molecule has 0 spiro atoms. The number of rotatable bonds is 5. The molecule has 1 aliphatic rings. The Kier molecular flexibility index (Phi) is 6.16. The monoisotopic (exact) mass is 466 g/mol. The Hall–Kier alpha value is -3.71. The number of carbonyl (C=O) groups excluding carboxylic acids is 2. The Balaban J connectivity index is 1.91. The number of aliphatic hydroxyl groups is 1. The first-order valence-electron chi connectivity index (χ1n) is 10.2. The molecule has 2 heterocycles. The number of ketones is 1. The van der Waals surface area contributed by atoms with Crippen molar-refractivity contribution in [1.29, 1.82) is 0 Å². The van der Waals surface area contributed by atoms with Crippen LogP contribution in [-0.2, 0) is 9.59 Å². The number of hydrogen-bond donors (Lipinski definition) is 1. The molecule has 3 aromatic rings. The van der Waals surface area contributed by atoms with E-state index in [0.717, 1.165) is 11.6 Å². The van der Waals surface area contributed by atoms with Crippen LogP contribution in [0.5, 0.6) is 5.75 Å². The maximum atomic E-state index is 13.8. The summed E-state index contributed by atoms with van der Waals surface area (Å²) in [5, 5.41) is 11.0. The van der Waals surface area contributed by atoms with Gasteiger partial charge in [-0.25, -0.2) is 4.39 Å². The Labute approximate surface area is 194 Å². The van der Waals surface area contributed by atoms with Gasteiger partial charge in [0.2, 0.25) is 0 Å². The number of carbonyl (C=O) groups is 2. The van der Waals surface area contributed by atoms with E-state index < -0.39 is 23.5 Å². The molecule has 1 N–H and O–H groups in total. The van der Waals surface area contributed by atoms with Gasteiger partial charge in [0.25, 0.3) is 11.7 Å². The van der Waals surface area contributed by atoms with Gasteiger partial charge in [-0.15, -0.1) is 0 Å². The summed E-state index contributed by atoms with van der Waals surface area (Å²) in [5.41, 5.74) is 1.75. The van der Waals surface area contributed by atoms with Gasteiger partial charge in [0.15, 0.2) is 0 Å². The van der Waals surface area contributed by atoms with Crippen LogP contribution in [0.25, 0.3) is 5.76 Å². The molecule has 0 radical (unpaired) electrons. The summed E-state index contributed by atoms with van der Waals surface area (Å²) < 4.78 is 19.3. The van der Waals surface area contributed by atoms with Crippen molar-refractivity contribution in [3.05, 3.63) is 94.0 Å².